The zero-order chi connectivity index (χ0) is 36.7. The van der Waals surface area contributed by atoms with Crippen molar-refractivity contribution in [3.8, 4) is 0 Å². The van der Waals surface area contributed by atoms with Crippen LogP contribution in [0.15, 0.2) is 46.0 Å². The molecule has 0 aliphatic carbocycles. The fraction of sp³-hybridized carbons (Fsp3) is 0.649. The van der Waals surface area contributed by atoms with Gasteiger partial charge in [0.25, 0.3) is 5.91 Å². The first-order valence-corrected chi connectivity index (χ1v) is 17.2. The molecule has 2 amide bonds. The molecule has 2 heterocycles. The van der Waals surface area contributed by atoms with Gasteiger partial charge in [-0.3, -0.25) is 19.6 Å². The van der Waals surface area contributed by atoms with Crippen molar-refractivity contribution in [1.82, 2.24) is 15.6 Å². The highest BCUT2D eigenvalue weighted by atomic mass is 16.5. The molecule has 1 saturated heterocycles. The number of pyridine rings is 1. The Bertz CT molecular complexity index is 1200. The van der Waals surface area contributed by atoms with E-state index in [0.29, 0.717) is 42.6 Å². The van der Waals surface area contributed by atoms with E-state index >= 15 is 0 Å². The van der Waals surface area contributed by atoms with Crippen LogP contribution in [0.2, 0.25) is 0 Å². The second kappa shape index (κ2) is 24.7. The number of nitrogens with zero attached hydrogens (tertiary/aromatic N) is 3. The minimum atomic E-state index is -0.972. The van der Waals surface area contributed by atoms with Crippen molar-refractivity contribution < 1.29 is 23.8 Å². The van der Waals surface area contributed by atoms with Gasteiger partial charge in [-0.05, 0) is 78.5 Å². The van der Waals surface area contributed by atoms with Crippen LogP contribution in [0.3, 0.4) is 0 Å². The van der Waals surface area contributed by atoms with Gasteiger partial charge in [-0.2, -0.15) is 0 Å². The Labute approximate surface area is 290 Å². The fourth-order valence-corrected chi connectivity index (χ4v) is 4.15. The smallest absolute Gasteiger partial charge is 0.267 e. The van der Waals surface area contributed by atoms with Gasteiger partial charge in [0.2, 0.25) is 5.91 Å². The zero-order valence-corrected chi connectivity index (χ0v) is 31.7. The van der Waals surface area contributed by atoms with E-state index in [9.17, 15) is 9.59 Å². The molecule has 0 aromatic carbocycles. The molecule has 272 valence electrons. The summed E-state index contributed by atoms with van der Waals surface area (Å²) in [6.45, 7) is 23.6. The maximum atomic E-state index is 12.7. The monoisotopic (exact) mass is 672 g/mol. The second-order valence-corrected chi connectivity index (χ2v) is 12.5. The molecule has 0 radical (unpaired) electrons. The first-order chi connectivity index (χ1) is 22.7. The number of rotatable bonds is 15. The Kier molecular flexibility index (Phi) is 22.9. The van der Waals surface area contributed by atoms with Gasteiger partial charge in [-0.1, -0.05) is 59.6 Å². The summed E-state index contributed by atoms with van der Waals surface area (Å²) in [6.07, 6.45) is 10.3. The molecule has 1 aromatic heterocycles. The van der Waals surface area contributed by atoms with E-state index in [1.165, 1.54) is 38.7 Å². The van der Waals surface area contributed by atoms with Crippen LogP contribution in [-0.4, -0.2) is 79.6 Å². The van der Waals surface area contributed by atoms with Gasteiger partial charge in [0, 0.05) is 19.0 Å². The van der Waals surface area contributed by atoms with Gasteiger partial charge in [0.1, 0.15) is 17.4 Å². The van der Waals surface area contributed by atoms with Crippen molar-refractivity contribution in [2.75, 3.05) is 26.9 Å². The van der Waals surface area contributed by atoms with Crippen LogP contribution >= 0.6 is 0 Å². The summed E-state index contributed by atoms with van der Waals surface area (Å²) < 4.78 is 16.0. The van der Waals surface area contributed by atoms with Crippen molar-refractivity contribution in [2.24, 2.45) is 21.6 Å². The standard InChI is InChI=1S/C23H32N6O4.C11H24O.C3H8/c1-6-18(19-9-7-8-15(2)26-19)27-16(3)28-22(31)20(12-32-5)29-21(30)17(24)10-11-25-23(4)13-33-14-23;1-6-9(3)8-11(5)12-10(4)7-2;1-3-2/h6-11,20H,12-14,24H2,1-5H3,(H,29,30)(H,27,28,31);9-11H,6-8H2,1-5H3;3H2,1-2H3/b17-10-,18-6-,25-11?;;. The lowest BCUT2D eigenvalue weighted by Gasteiger charge is -2.33. The average Bonchev–Trinajstić information content (AvgIpc) is 3.02. The number of aromatic nitrogens is 1. The summed E-state index contributed by atoms with van der Waals surface area (Å²) in [5, 5.41) is 5.25. The molecule has 4 N–H and O–H groups in total. The van der Waals surface area contributed by atoms with Crippen molar-refractivity contribution in [2.45, 2.75) is 126 Å². The lowest BCUT2D eigenvalue weighted by molar-refractivity contribution is -0.127. The predicted octanol–water partition coefficient (Wildman–Crippen LogP) is 6.16. The van der Waals surface area contributed by atoms with E-state index in [4.69, 9.17) is 19.9 Å². The van der Waals surface area contributed by atoms with Crippen LogP contribution in [0.5, 0.6) is 0 Å². The number of amidine groups is 1. The highest BCUT2D eigenvalue weighted by Crippen LogP contribution is 2.20. The molecule has 11 heteroatoms. The second-order valence-electron chi connectivity index (χ2n) is 12.5. The van der Waals surface area contributed by atoms with Gasteiger partial charge in [0.05, 0.1) is 49.1 Å². The summed E-state index contributed by atoms with van der Waals surface area (Å²) in [5.41, 5.74) is 7.62. The van der Waals surface area contributed by atoms with Crippen LogP contribution in [0, 0.1) is 12.8 Å². The van der Waals surface area contributed by atoms with E-state index in [-0.39, 0.29) is 17.8 Å². The number of hydrogen-bond acceptors (Lipinski definition) is 9. The van der Waals surface area contributed by atoms with Crippen LogP contribution < -0.4 is 16.4 Å². The molecule has 1 aromatic rings. The van der Waals surface area contributed by atoms with E-state index in [1.807, 2.05) is 39.0 Å². The lowest BCUT2D eigenvalue weighted by Crippen LogP contribution is -2.51. The van der Waals surface area contributed by atoms with Gasteiger partial charge < -0.3 is 30.6 Å². The number of nitrogens with two attached hydrogens (primary N) is 1. The molecular weight excluding hydrogens is 608 g/mol. The Morgan fingerprint density at radius 1 is 1.12 bits per heavy atom. The number of carbonyl (C=O) groups is 2. The number of hydrogen-bond donors (Lipinski definition) is 3. The van der Waals surface area contributed by atoms with Crippen LogP contribution in [-0.2, 0) is 23.8 Å². The molecule has 4 unspecified atom stereocenters. The molecule has 4 atom stereocenters. The number of nitrogens with one attached hydrogen (secondary N) is 2. The van der Waals surface area contributed by atoms with Crippen molar-refractivity contribution >= 4 is 29.6 Å². The molecular formula is C37H64N6O5. The molecule has 1 fully saturated rings. The van der Waals surface area contributed by atoms with E-state index in [2.05, 4.69) is 74.1 Å². The van der Waals surface area contributed by atoms with Gasteiger partial charge in [-0.15, -0.1) is 0 Å². The number of methoxy groups -OCH3 is 1. The molecule has 0 spiro atoms. The maximum Gasteiger partial charge on any atom is 0.267 e. The van der Waals surface area contributed by atoms with Gasteiger partial charge in [0.15, 0.2) is 0 Å². The Morgan fingerprint density at radius 3 is 2.27 bits per heavy atom. The molecule has 11 nitrogen and oxygen atoms in total. The number of aryl methyl sites for hydroxylation is 1. The predicted molar refractivity (Wildman–Crippen MR) is 198 cm³/mol. The van der Waals surface area contributed by atoms with E-state index in [0.717, 1.165) is 18.0 Å². The fourth-order valence-electron chi connectivity index (χ4n) is 4.15. The Hall–Kier alpha value is -3.41. The van der Waals surface area contributed by atoms with E-state index in [1.54, 1.807) is 13.0 Å². The van der Waals surface area contributed by atoms with Crippen LogP contribution in [0.25, 0.3) is 5.70 Å². The van der Waals surface area contributed by atoms with Crippen LogP contribution in [0.1, 0.15) is 106 Å². The number of allylic oxidation sites excluding steroid dienone is 2. The van der Waals surface area contributed by atoms with Crippen molar-refractivity contribution in [3.05, 3.63) is 47.4 Å². The number of aliphatic imine (C=N–C) groups is 2. The minimum Gasteiger partial charge on any atom is -0.394 e. The average molecular weight is 673 g/mol. The number of ether oxygens (including phenoxy) is 3. The van der Waals surface area contributed by atoms with Crippen LogP contribution in [0.4, 0.5) is 0 Å². The summed E-state index contributed by atoms with van der Waals surface area (Å²) in [4.78, 5) is 38.4. The van der Waals surface area contributed by atoms with Crippen molar-refractivity contribution in [1.29, 1.82) is 0 Å². The minimum absolute atomic E-state index is 0.0441. The number of carbonyl (C=O) groups excluding carboxylic acids is 2. The third-order valence-electron chi connectivity index (χ3n) is 7.17. The molecule has 0 bridgehead atoms. The first-order valence-electron chi connectivity index (χ1n) is 17.2. The molecule has 1 aliphatic heterocycles. The summed E-state index contributed by atoms with van der Waals surface area (Å²) in [6, 6.07) is 4.64. The third-order valence-corrected chi connectivity index (χ3v) is 7.17. The third kappa shape index (κ3) is 18.8. The van der Waals surface area contributed by atoms with Gasteiger partial charge >= 0.3 is 0 Å². The zero-order valence-electron chi connectivity index (χ0n) is 31.7. The highest BCUT2D eigenvalue weighted by molar-refractivity contribution is 6.04. The summed E-state index contributed by atoms with van der Waals surface area (Å²) >= 11 is 0. The Morgan fingerprint density at radius 2 is 1.77 bits per heavy atom. The van der Waals surface area contributed by atoms with Crippen molar-refractivity contribution in [3.63, 3.8) is 0 Å². The van der Waals surface area contributed by atoms with Gasteiger partial charge in [-0.25, -0.2) is 4.99 Å². The highest BCUT2D eigenvalue weighted by Gasteiger charge is 2.31. The number of amides is 2. The quantitative estimate of drug-likeness (QED) is 0.115. The lowest BCUT2D eigenvalue weighted by atomic mass is 10.0. The topological polar surface area (TPSA) is 150 Å². The maximum absolute atomic E-state index is 12.7. The largest absolute Gasteiger partial charge is 0.394 e. The summed E-state index contributed by atoms with van der Waals surface area (Å²) in [7, 11) is 1.43. The normalized spacial score (nSPS) is 17.0. The molecule has 0 saturated carbocycles. The SMILES string of the molecule is C/C=C(\N=C(C)NC(=O)C(COC)NC(=O)/C(N)=C/C=NC1(C)COC1)c1cccc(C)n1.CCC.CCC(C)CC(C)OC(C)CC. The molecule has 48 heavy (non-hydrogen) atoms. The Balaban J connectivity index is 0.00000123. The molecule has 1 aliphatic rings. The first kappa shape index (κ1) is 44.6. The molecule has 2 rings (SSSR count). The van der Waals surface area contributed by atoms with E-state index < -0.39 is 17.9 Å². The summed E-state index contributed by atoms with van der Waals surface area (Å²) in [5.74, 6) is 0.0449.